The van der Waals surface area contributed by atoms with E-state index in [2.05, 4.69) is 26.1 Å². The van der Waals surface area contributed by atoms with E-state index in [9.17, 15) is 4.79 Å². The highest BCUT2D eigenvalue weighted by Crippen LogP contribution is 2.45. The van der Waals surface area contributed by atoms with Crippen LogP contribution in [-0.4, -0.2) is 24.2 Å². The first kappa shape index (κ1) is 13.9. The van der Waals surface area contributed by atoms with Gasteiger partial charge in [-0.15, -0.1) is 0 Å². The molecular weight excluding hydrogens is 226 g/mol. The van der Waals surface area contributed by atoms with Crippen LogP contribution in [0, 0.1) is 11.3 Å². The van der Waals surface area contributed by atoms with E-state index < -0.39 is 5.54 Å². The molecule has 2 saturated carbocycles. The molecule has 0 aromatic carbocycles. The predicted octanol–water partition coefficient (Wildman–Crippen LogP) is 2.89. The van der Waals surface area contributed by atoms with E-state index in [0.29, 0.717) is 18.6 Å². The second kappa shape index (κ2) is 4.84. The van der Waals surface area contributed by atoms with E-state index in [4.69, 9.17) is 4.74 Å². The Hall–Kier alpha value is -0.570. The Morgan fingerprint density at radius 3 is 2.50 bits per heavy atom. The normalized spacial score (nSPS) is 35.2. The zero-order valence-electron chi connectivity index (χ0n) is 12.2. The molecule has 0 saturated heterocycles. The minimum Gasteiger partial charge on any atom is -0.465 e. The summed E-state index contributed by atoms with van der Waals surface area (Å²) in [5, 5.41) is 3.60. The monoisotopic (exact) mass is 253 g/mol. The van der Waals surface area contributed by atoms with Gasteiger partial charge in [-0.3, -0.25) is 10.1 Å². The molecule has 2 fully saturated rings. The topological polar surface area (TPSA) is 38.3 Å². The number of rotatable bonds is 4. The van der Waals surface area contributed by atoms with Gasteiger partial charge in [0.05, 0.1) is 6.61 Å². The van der Waals surface area contributed by atoms with Crippen LogP contribution in [-0.2, 0) is 9.53 Å². The van der Waals surface area contributed by atoms with E-state index in [0.717, 1.165) is 12.8 Å². The molecule has 0 spiro atoms. The maximum atomic E-state index is 12.4. The lowest BCUT2D eigenvalue weighted by Gasteiger charge is -2.46. The SMILES string of the molecule is CCOC(=O)C1(NC2CC2)CC(C)CC(C)(C)C1. The fraction of sp³-hybridized carbons (Fsp3) is 0.933. The van der Waals surface area contributed by atoms with Crippen LogP contribution in [0.3, 0.4) is 0 Å². The van der Waals surface area contributed by atoms with Crippen LogP contribution in [0.1, 0.15) is 59.8 Å². The van der Waals surface area contributed by atoms with Crippen molar-refractivity contribution in [1.82, 2.24) is 5.32 Å². The Labute approximate surface area is 111 Å². The number of hydrogen-bond acceptors (Lipinski definition) is 3. The molecule has 2 unspecified atom stereocenters. The third kappa shape index (κ3) is 3.05. The number of ether oxygens (including phenoxy) is 1. The van der Waals surface area contributed by atoms with Crippen LogP contribution >= 0.6 is 0 Å². The summed E-state index contributed by atoms with van der Waals surface area (Å²) < 4.78 is 5.35. The van der Waals surface area contributed by atoms with Crippen LogP contribution < -0.4 is 5.32 Å². The molecule has 2 atom stereocenters. The standard InChI is InChI=1S/C15H27NO2/c1-5-18-13(17)15(16-12-6-7-12)9-11(2)8-14(3,4)10-15/h11-12,16H,5-10H2,1-4H3. The summed E-state index contributed by atoms with van der Waals surface area (Å²) in [5.74, 6) is 0.543. The molecule has 0 bridgehead atoms. The zero-order chi connectivity index (χ0) is 13.4. The van der Waals surface area contributed by atoms with Crippen molar-refractivity contribution in [2.45, 2.75) is 71.4 Å². The molecule has 0 heterocycles. The van der Waals surface area contributed by atoms with Crippen molar-refractivity contribution >= 4 is 5.97 Å². The Kier molecular flexibility index (Phi) is 3.72. The van der Waals surface area contributed by atoms with Crippen molar-refractivity contribution < 1.29 is 9.53 Å². The molecule has 104 valence electrons. The van der Waals surface area contributed by atoms with Gasteiger partial charge in [0.25, 0.3) is 0 Å². The van der Waals surface area contributed by atoms with Crippen molar-refractivity contribution in [2.24, 2.45) is 11.3 Å². The molecule has 2 aliphatic carbocycles. The van der Waals surface area contributed by atoms with Crippen LogP contribution in [0.25, 0.3) is 0 Å². The number of hydrogen-bond donors (Lipinski definition) is 1. The number of carbonyl (C=O) groups is 1. The Morgan fingerprint density at radius 1 is 1.33 bits per heavy atom. The predicted molar refractivity (Wildman–Crippen MR) is 72.3 cm³/mol. The maximum Gasteiger partial charge on any atom is 0.326 e. The molecule has 0 amide bonds. The second-order valence-corrected chi connectivity index (χ2v) is 7.08. The number of esters is 1. The average Bonchev–Trinajstić information content (AvgIpc) is 2.98. The van der Waals surface area contributed by atoms with Gasteiger partial charge >= 0.3 is 5.97 Å². The summed E-state index contributed by atoms with van der Waals surface area (Å²) in [6.07, 6.45) is 5.43. The molecule has 1 N–H and O–H groups in total. The molecule has 0 aromatic rings. The number of nitrogens with one attached hydrogen (secondary N) is 1. The summed E-state index contributed by atoms with van der Waals surface area (Å²) in [4.78, 5) is 12.4. The van der Waals surface area contributed by atoms with E-state index in [1.54, 1.807) is 0 Å². The molecule has 0 aliphatic heterocycles. The van der Waals surface area contributed by atoms with Crippen molar-refractivity contribution in [3.63, 3.8) is 0 Å². The van der Waals surface area contributed by atoms with E-state index >= 15 is 0 Å². The molecule has 3 heteroatoms. The van der Waals surface area contributed by atoms with Crippen molar-refractivity contribution in [3.05, 3.63) is 0 Å². The van der Waals surface area contributed by atoms with Crippen LogP contribution in [0.5, 0.6) is 0 Å². The molecule has 2 aliphatic rings. The van der Waals surface area contributed by atoms with Gasteiger partial charge in [0, 0.05) is 6.04 Å². The van der Waals surface area contributed by atoms with Gasteiger partial charge in [0.15, 0.2) is 0 Å². The Balaban J connectivity index is 2.19. The van der Waals surface area contributed by atoms with E-state index in [1.807, 2.05) is 6.92 Å². The highest BCUT2D eigenvalue weighted by molar-refractivity contribution is 5.81. The highest BCUT2D eigenvalue weighted by atomic mass is 16.5. The molecule has 0 aromatic heterocycles. The fourth-order valence-corrected chi connectivity index (χ4v) is 3.78. The highest BCUT2D eigenvalue weighted by Gasteiger charge is 2.50. The van der Waals surface area contributed by atoms with Crippen LogP contribution in [0.4, 0.5) is 0 Å². The lowest BCUT2D eigenvalue weighted by atomic mass is 9.64. The molecule has 0 radical (unpaired) electrons. The molecule has 18 heavy (non-hydrogen) atoms. The van der Waals surface area contributed by atoms with Gasteiger partial charge in [-0.2, -0.15) is 0 Å². The van der Waals surface area contributed by atoms with Crippen LogP contribution in [0.15, 0.2) is 0 Å². The third-order valence-corrected chi connectivity index (χ3v) is 4.10. The van der Waals surface area contributed by atoms with E-state index in [1.165, 1.54) is 19.3 Å². The zero-order valence-corrected chi connectivity index (χ0v) is 12.2. The lowest BCUT2D eigenvalue weighted by Crippen LogP contribution is -2.59. The Morgan fingerprint density at radius 2 is 2.00 bits per heavy atom. The van der Waals surface area contributed by atoms with E-state index in [-0.39, 0.29) is 11.4 Å². The number of carbonyl (C=O) groups excluding carboxylic acids is 1. The molecular formula is C15H27NO2. The van der Waals surface area contributed by atoms with Crippen LogP contribution in [0.2, 0.25) is 0 Å². The van der Waals surface area contributed by atoms with Crippen molar-refractivity contribution in [1.29, 1.82) is 0 Å². The second-order valence-electron chi connectivity index (χ2n) is 7.08. The van der Waals surface area contributed by atoms with Gasteiger partial charge in [-0.1, -0.05) is 20.8 Å². The average molecular weight is 253 g/mol. The quantitative estimate of drug-likeness (QED) is 0.783. The first-order valence-electron chi connectivity index (χ1n) is 7.32. The fourth-order valence-electron chi connectivity index (χ4n) is 3.78. The summed E-state index contributed by atoms with van der Waals surface area (Å²) in [5.41, 5.74) is -0.218. The smallest absolute Gasteiger partial charge is 0.326 e. The Bertz CT molecular complexity index is 318. The van der Waals surface area contributed by atoms with Gasteiger partial charge < -0.3 is 4.74 Å². The largest absolute Gasteiger partial charge is 0.465 e. The molecule has 3 nitrogen and oxygen atoms in total. The van der Waals surface area contributed by atoms with Gasteiger partial charge in [-0.25, -0.2) is 0 Å². The van der Waals surface area contributed by atoms with Crippen molar-refractivity contribution in [2.75, 3.05) is 6.61 Å². The first-order valence-corrected chi connectivity index (χ1v) is 7.32. The maximum absolute atomic E-state index is 12.4. The summed E-state index contributed by atoms with van der Waals surface area (Å²) in [6, 6.07) is 0.538. The third-order valence-electron chi connectivity index (χ3n) is 4.10. The summed E-state index contributed by atoms with van der Waals surface area (Å²) in [7, 11) is 0. The lowest BCUT2D eigenvalue weighted by molar-refractivity contribution is -0.156. The van der Waals surface area contributed by atoms with Gasteiger partial charge in [-0.05, 0) is 50.4 Å². The van der Waals surface area contributed by atoms with Gasteiger partial charge in [0.2, 0.25) is 0 Å². The minimum absolute atomic E-state index is 0.0310. The molecule has 2 rings (SSSR count). The van der Waals surface area contributed by atoms with Gasteiger partial charge in [0.1, 0.15) is 5.54 Å². The first-order chi connectivity index (χ1) is 8.37. The minimum atomic E-state index is -0.432. The summed E-state index contributed by atoms with van der Waals surface area (Å²) >= 11 is 0. The summed E-state index contributed by atoms with van der Waals surface area (Å²) in [6.45, 7) is 9.15. The van der Waals surface area contributed by atoms with Crippen molar-refractivity contribution in [3.8, 4) is 0 Å².